The molecule has 0 aromatic carbocycles. The minimum Gasteiger partial charge on any atom is -0.294 e. The Kier molecular flexibility index (Phi) is 2.59. The van der Waals surface area contributed by atoms with E-state index in [1.807, 2.05) is 12.1 Å². The van der Waals surface area contributed by atoms with Crippen LogP contribution in [0.3, 0.4) is 0 Å². The van der Waals surface area contributed by atoms with Crippen molar-refractivity contribution in [3.05, 3.63) is 30.1 Å². The highest BCUT2D eigenvalue weighted by Gasteiger charge is 2.39. The molecule has 1 aromatic rings. The minimum atomic E-state index is 0.160. The molecular weight excluding hydrogens is 186 g/mol. The van der Waals surface area contributed by atoms with Crippen LogP contribution in [0.25, 0.3) is 0 Å². The van der Waals surface area contributed by atoms with Crippen LogP contribution < -0.4 is 0 Å². The maximum absolute atomic E-state index is 12.2. The van der Waals surface area contributed by atoms with Crippen molar-refractivity contribution in [2.45, 2.75) is 33.1 Å². The number of Topliss-reactive ketones (excluding diaryl/α,β-unsaturated/α-hetero) is 1. The highest BCUT2D eigenvalue weighted by Crippen LogP contribution is 2.43. The van der Waals surface area contributed by atoms with E-state index in [2.05, 4.69) is 18.8 Å². The van der Waals surface area contributed by atoms with Crippen LogP contribution in [-0.2, 0) is 0 Å². The van der Waals surface area contributed by atoms with E-state index in [4.69, 9.17) is 0 Å². The lowest BCUT2D eigenvalue weighted by atomic mass is 9.78. The van der Waals surface area contributed by atoms with Gasteiger partial charge in [0, 0.05) is 23.9 Å². The first-order valence-electron chi connectivity index (χ1n) is 5.55. The zero-order valence-electron chi connectivity index (χ0n) is 9.36. The Bertz CT molecular complexity index is 356. The number of hydrogen-bond acceptors (Lipinski definition) is 2. The van der Waals surface area contributed by atoms with Gasteiger partial charge in [-0.05, 0) is 30.4 Å². The van der Waals surface area contributed by atoms with Crippen molar-refractivity contribution in [1.82, 2.24) is 4.98 Å². The fourth-order valence-corrected chi connectivity index (χ4v) is 2.52. The lowest BCUT2D eigenvalue weighted by Crippen LogP contribution is -2.25. The summed E-state index contributed by atoms with van der Waals surface area (Å²) in [6, 6.07) is 3.69. The summed E-state index contributed by atoms with van der Waals surface area (Å²) in [7, 11) is 0. The molecule has 0 saturated heterocycles. The topological polar surface area (TPSA) is 30.0 Å². The van der Waals surface area contributed by atoms with Gasteiger partial charge in [0.1, 0.15) is 0 Å². The maximum atomic E-state index is 12.2. The standard InChI is InChI=1S/C13H17NO/c1-13(2)7-3-6-11(13)12(15)10-5-4-8-14-9-10/h4-5,8-9,11H,3,6-7H2,1-2H3. The van der Waals surface area contributed by atoms with Crippen LogP contribution in [-0.4, -0.2) is 10.8 Å². The van der Waals surface area contributed by atoms with E-state index in [1.165, 1.54) is 6.42 Å². The monoisotopic (exact) mass is 203 g/mol. The first-order chi connectivity index (χ1) is 7.11. The molecule has 0 bridgehead atoms. The van der Waals surface area contributed by atoms with E-state index in [9.17, 15) is 4.79 Å². The van der Waals surface area contributed by atoms with E-state index in [0.717, 1.165) is 18.4 Å². The number of nitrogens with zero attached hydrogens (tertiary/aromatic N) is 1. The summed E-state index contributed by atoms with van der Waals surface area (Å²) in [4.78, 5) is 16.2. The molecule has 0 radical (unpaired) electrons. The molecule has 1 saturated carbocycles. The first-order valence-corrected chi connectivity index (χ1v) is 5.55. The van der Waals surface area contributed by atoms with Crippen LogP contribution in [0.2, 0.25) is 0 Å². The zero-order valence-corrected chi connectivity index (χ0v) is 9.36. The SMILES string of the molecule is CC1(C)CCCC1C(=O)c1cccnc1. The van der Waals surface area contributed by atoms with Crippen molar-refractivity contribution in [2.24, 2.45) is 11.3 Å². The molecule has 1 aliphatic rings. The molecule has 2 rings (SSSR count). The Hall–Kier alpha value is -1.18. The van der Waals surface area contributed by atoms with E-state index >= 15 is 0 Å². The molecule has 1 unspecified atom stereocenters. The minimum absolute atomic E-state index is 0.160. The first kappa shape index (κ1) is 10.3. The molecule has 0 aliphatic heterocycles. The second-order valence-corrected chi connectivity index (χ2v) is 5.04. The predicted octanol–water partition coefficient (Wildman–Crippen LogP) is 3.09. The van der Waals surface area contributed by atoms with Gasteiger partial charge < -0.3 is 0 Å². The number of carbonyl (C=O) groups excluding carboxylic acids is 1. The Morgan fingerprint density at radius 2 is 2.33 bits per heavy atom. The van der Waals surface area contributed by atoms with E-state index in [0.29, 0.717) is 0 Å². The molecule has 1 fully saturated rings. The number of rotatable bonds is 2. The van der Waals surface area contributed by atoms with Gasteiger partial charge in [0.2, 0.25) is 0 Å². The van der Waals surface area contributed by atoms with Gasteiger partial charge >= 0.3 is 0 Å². The molecule has 0 spiro atoms. The van der Waals surface area contributed by atoms with Crippen molar-refractivity contribution in [2.75, 3.05) is 0 Å². The largest absolute Gasteiger partial charge is 0.294 e. The molecule has 1 aliphatic carbocycles. The molecular formula is C13H17NO. The summed E-state index contributed by atoms with van der Waals surface area (Å²) >= 11 is 0. The average molecular weight is 203 g/mol. The van der Waals surface area contributed by atoms with Gasteiger partial charge in [-0.15, -0.1) is 0 Å². The van der Waals surface area contributed by atoms with Gasteiger partial charge in [0.05, 0.1) is 0 Å². The van der Waals surface area contributed by atoms with Crippen LogP contribution in [0.4, 0.5) is 0 Å². The summed E-state index contributed by atoms with van der Waals surface area (Å²) in [6.07, 6.45) is 6.74. The molecule has 15 heavy (non-hydrogen) atoms. The summed E-state index contributed by atoms with van der Waals surface area (Å²) in [5.41, 5.74) is 0.921. The fraction of sp³-hybridized carbons (Fsp3) is 0.538. The van der Waals surface area contributed by atoms with Gasteiger partial charge in [0.25, 0.3) is 0 Å². The van der Waals surface area contributed by atoms with Crippen LogP contribution >= 0.6 is 0 Å². The molecule has 1 heterocycles. The van der Waals surface area contributed by atoms with Crippen molar-refractivity contribution >= 4 is 5.78 Å². The predicted molar refractivity (Wildman–Crippen MR) is 59.7 cm³/mol. The van der Waals surface area contributed by atoms with Gasteiger partial charge in [-0.3, -0.25) is 9.78 Å². The highest BCUT2D eigenvalue weighted by molar-refractivity contribution is 5.98. The third kappa shape index (κ3) is 1.94. The second-order valence-electron chi connectivity index (χ2n) is 5.04. The third-order valence-corrected chi connectivity index (χ3v) is 3.52. The van der Waals surface area contributed by atoms with Crippen LogP contribution in [0.1, 0.15) is 43.5 Å². The van der Waals surface area contributed by atoms with Gasteiger partial charge in [0.15, 0.2) is 5.78 Å². The molecule has 0 N–H and O–H groups in total. The smallest absolute Gasteiger partial charge is 0.168 e. The number of carbonyl (C=O) groups is 1. The quantitative estimate of drug-likeness (QED) is 0.691. The Morgan fingerprint density at radius 1 is 1.53 bits per heavy atom. The van der Waals surface area contributed by atoms with Crippen molar-refractivity contribution in [3.63, 3.8) is 0 Å². The number of aromatic nitrogens is 1. The van der Waals surface area contributed by atoms with Crippen molar-refractivity contribution in [1.29, 1.82) is 0 Å². The molecule has 2 heteroatoms. The van der Waals surface area contributed by atoms with Gasteiger partial charge in [-0.2, -0.15) is 0 Å². The summed E-state index contributed by atoms with van der Waals surface area (Å²) in [5.74, 6) is 0.451. The van der Waals surface area contributed by atoms with Gasteiger partial charge in [-0.1, -0.05) is 20.3 Å². The third-order valence-electron chi connectivity index (χ3n) is 3.52. The summed E-state index contributed by atoms with van der Waals surface area (Å²) in [6.45, 7) is 4.39. The summed E-state index contributed by atoms with van der Waals surface area (Å²) < 4.78 is 0. The maximum Gasteiger partial charge on any atom is 0.168 e. The molecule has 1 atom stereocenters. The molecule has 1 aromatic heterocycles. The average Bonchev–Trinajstić information content (AvgIpc) is 2.58. The lowest BCUT2D eigenvalue weighted by molar-refractivity contribution is 0.0839. The highest BCUT2D eigenvalue weighted by atomic mass is 16.1. The van der Waals surface area contributed by atoms with Crippen molar-refractivity contribution in [3.8, 4) is 0 Å². The second kappa shape index (κ2) is 3.76. The number of ketones is 1. The Morgan fingerprint density at radius 3 is 2.87 bits per heavy atom. The number of pyridine rings is 1. The molecule has 80 valence electrons. The van der Waals surface area contributed by atoms with Crippen molar-refractivity contribution < 1.29 is 4.79 Å². The molecule has 0 amide bonds. The van der Waals surface area contributed by atoms with E-state index in [1.54, 1.807) is 12.4 Å². The fourth-order valence-electron chi connectivity index (χ4n) is 2.52. The van der Waals surface area contributed by atoms with Crippen LogP contribution in [0.15, 0.2) is 24.5 Å². The zero-order chi connectivity index (χ0) is 10.9. The summed E-state index contributed by atoms with van der Waals surface area (Å²) in [5, 5.41) is 0. The van der Waals surface area contributed by atoms with E-state index < -0.39 is 0 Å². The Labute approximate surface area is 90.7 Å². The van der Waals surface area contributed by atoms with Crippen LogP contribution in [0.5, 0.6) is 0 Å². The molecule has 2 nitrogen and oxygen atoms in total. The lowest BCUT2D eigenvalue weighted by Gasteiger charge is -2.25. The van der Waals surface area contributed by atoms with Crippen LogP contribution in [0, 0.1) is 11.3 Å². The normalized spacial score (nSPS) is 24.0. The van der Waals surface area contributed by atoms with Gasteiger partial charge in [-0.25, -0.2) is 0 Å². The Balaban J connectivity index is 2.22. The van der Waals surface area contributed by atoms with E-state index in [-0.39, 0.29) is 17.1 Å². The number of hydrogen-bond donors (Lipinski definition) is 0.